The van der Waals surface area contributed by atoms with Crippen LogP contribution in [0.1, 0.15) is 13.8 Å². The zero-order valence-corrected chi connectivity index (χ0v) is 12.2. The normalized spacial score (nSPS) is 26.5. The monoisotopic (exact) mass is 284 g/mol. The molecule has 108 valence electrons. The Balaban J connectivity index is 1.88. The van der Waals surface area contributed by atoms with Gasteiger partial charge in [-0.1, -0.05) is 12.1 Å². The van der Waals surface area contributed by atoms with E-state index in [1.165, 1.54) is 4.90 Å². The second-order valence-electron chi connectivity index (χ2n) is 5.77. The summed E-state index contributed by atoms with van der Waals surface area (Å²) in [6, 6.07) is 7.99. The molecule has 0 saturated carbocycles. The first-order chi connectivity index (χ1) is 10.2. The number of quaternary nitrogens is 1. The van der Waals surface area contributed by atoms with Crippen molar-refractivity contribution in [1.82, 2.24) is 9.97 Å². The Labute approximate surface area is 122 Å². The molecule has 3 heterocycles. The molecule has 1 aromatic carbocycles. The minimum absolute atomic E-state index is 0.221. The first-order valence-corrected chi connectivity index (χ1v) is 7.35. The third kappa shape index (κ3) is 2.09. The van der Waals surface area contributed by atoms with E-state index in [-0.39, 0.29) is 12.2 Å². The van der Waals surface area contributed by atoms with Gasteiger partial charge in [0.2, 0.25) is 5.58 Å². The fourth-order valence-electron chi connectivity index (χ4n) is 3.24. The van der Waals surface area contributed by atoms with Crippen molar-refractivity contribution in [1.29, 1.82) is 0 Å². The second kappa shape index (κ2) is 4.79. The van der Waals surface area contributed by atoms with E-state index >= 15 is 0 Å². The van der Waals surface area contributed by atoms with E-state index in [1.807, 2.05) is 24.3 Å². The molecule has 5 heteroatoms. The van der Waals surface area contributed by atoms with E-state index in [0.29, 0.717) is 0 Å². The van der Waals surface area contributed by atoms with Crippen LogP contribution in [0.2, 0.25) is 0 Å². The van der Waals surface area contributed by atoms with Crippen LogP contribution in [-0.2, 0) is 4.74 Å². The van der Waals surface area contributed by atoms with E-state index in [1.54, 1.807) is 6.33 Å². The first-order valence-electron chi connectivity index (χ1n) is 7.35. The van der Waals surface area contributed by atoms with Crippen molar-refractivity contribution in [2.45, 2.75) is 26.1 Å². The number of nitrogens with one attached hydrogen (secondary N) is 1. The van der Waals surface area contributed by atoms with Crippen LogP contribution in [-0.4, -0.2) is 35.3 Å². The van der Waals surface area contributed by atoms with Crippen molar-refractivity contribution in [2.75, 3.05) is 13.1 Å². The first kappa shape index (κ1) is 12.7. The molecule has 3 aromatic rings. The largest absolute Gasteiger partial charge is 0.446 e. The maximum atomic E-state index is 6.02. The second-order valence-corrected chi connectivity index (χ2v) is 5.77. The minimum atomic E-state index is 0.221. The SMILES string of the molecule is CC1C[NH+](c2ncnc3c2oc2ccccc23)CC(C)O1. The quantitative estimate of drug-likeness (QED) is 0.739. The number of nitrogens with zero attached hydrogens (tertiary/aromatic N) is 2. The summed E-state index contributed by atoms with van der Waals surface area (Å²) in [5.74, 6) is 0.943. The third-order valence-electron chi connectivity index (χ3n) is 4.03. The predicted molar refractivity (Wildman–Crippen MR) is 79.7 cm³/mol. The summed E-state index contributed by atoms with van der Waals surface area (Å²) in [6.07, 6.45) is 2.08. The molecule has 5 nitrogen and oxygen atoms in total. The molecule has 1 aliphatic rings. The van der Waals surface area contributed by atoms with Gasteiger partial charge in [-0.15, -0.1) is 0 Å². The van der Waals surface area contributed by atoms with Crippen LogP contribution in [0.15, 0.2) is 35.0 Å². The van der Waals surface area contributed by atoms with Gasteiger partial charge in [0.15, 0.2) is 0 Å². The van der Waals surface area contributed by atoms with Crippen LogP contribution in [0.25, 0.3) is 22.1 Å². The molecule has 21 heavy (non-hydrogen) atoms. The number of morpholine rings is 1. The van der Waals surface area contributed by atoms with Gasteiger partial charge in [-0.25, -0.2) is 4.98 Å². The van der Waals surface area contributed by atoms with E-state index < -0.39 is 0 Å². The molecule has 1 aliphatic heterocycles. The Kier molecular flexibility index (Phi) is 2.90. The fourth-order valence-corrected chi connectivity index (χ4v) is 3.24. The van der Waals surface area contributed by atoms with Gasteiger partial charge >= 0.3 is 0 Å². The smallest absolute Gasteiger partial charge is 0.273 e. The van der Waals surface area contributed by atoms with Crippen molar-refractivity contribution in [3.05, 3.63) is 30.6 Å². The number of benzene rings is 1. The van der Waals surface area contributed by atoms with Crippen LogP contribution in [0, 0.1) is 0 Å². The van der Waals surface area contributed by atoms with Crippen molar-refractivity contribution in [3.8, 4) is 0 Å². The summed E-state index contributed by atoms with van der Waals surface area (Å²) in [5.41, 5.74) is 2.56. The summed E-state index contributed by atoms with van der Waals surface area (Å²) < 4.78 is 11.8. The van der Waals surface area contributed by atoms with E-state index in [2.05, 4.69) is 23.8 Å². The topological polar surface area (TPSA) is 52.6 Å². The summed E-state index contributed by atoms with van der Waals surface area (Å²) in [7, 11) is 0. The van der Waals surface area contributed by atoms with Crippen LogP contribution < -0.4 is 4.90 Å². The lowest BCUT2D eigenvalue weighted by Gasteiger charge is -2.31. The van der Waals surface area contributed by atoms with Gasteiger partial charge < -0.3 is 9.15 Å². The third-order valence-corrected chi connectivity index (χ3v) is 4.03. The Morgan fingerprint density at radius 2 is 1.86 bits per heavy atom. The highest BCUT2D eigenvalue weighted by Crippen LogP contribution is 2.29. The molecule has 0 spiro atoms. The molecular formula is C16H18N3O2+. The van der Waals surface area contributed by atoms with Gasteiger partial charge in [0.1, 0.15) is 42.7 Å². The van der Waals surface area contributed by atoms with Crippen LogP contribution >= 0.6 is 0 Å². The molecule has 2 aromatic heterocycles. The lowest BCUT2D eigenvalue weighted by molar-refractivity contribution is -0.852. The molecule has 0 aliphatic carbocycles. The van der Waals surface area contributed by atoms with E-state index in [0.717, 1.165) is 41.0 Å². The molecule has 1 fully saturated rings. The lowest BCUT2D eigenvalue weighted by atomic mass is 10.2. The van der Waals surface area contributed by atoms with E-state index in [9.17, 15) is 0 Å². The molecule has 2 unspecified atom stereocenters. The molecular weight excluding hydrogens is 266 g/mol. The lowest BCUT2D eigenvalue weighted by Crippen LogP contribution is -3.11. The van der Waals surface area contributed by atoms with Gasteiger partial charge in [-0.3, -0.25) is 4.90 Å². The van der Waals surface area contributed by atoms with Gasteiger partial charge in [-0.05, 0) is 26.0 Å². The standard InChI is InChI=1S/C16H17N3O2/c1-10-7-19(8-11(2)20-10)16-15-14(17-9-18-16)12-5-3-4-6-13(12)21-15/h3-6,9-11H,7-8H2,1-2H3/p+1. The Bertz CT molecular complexity index is 788. The highest BCUT2D eigenvalue weighted by molar-refractivity contribution is 6.04. The molecule has 0 radical (unpaired) electrons. The molecule has 2 atom stereocenters. The fraction of sp³-hybridized carbons (Fsp3) is 0.375. The predicted octanol–water partition coefficient (Wildman–Crippen LogP) is 1.70. The highest BCUT2D eigenvalue weighted by Gasteiger charge is 2.31. The Hall–Kier alpha value is -1.98. The average Bonchev–Trinajstić information content (AvgIpc) is 2.84. The molecule has 1 saturated heterocycles. The summed E-state index contributed by atoms with van der Waals surface area (Å²) >= 11 is 0. The van der Waals surface area contributed by atoms with E-state index in [4.69, 9.17) is 9.15 Å². The van der Waals surface area contributed by atoms with Gasteiger partial charge in [-0.2, -0.15) is 4.98 Å². The van der Waals surface area contributed by atoms with Crippen molar-refractivity contribution in [2.24, 2.45) is 0 Å². The molecule has 4 rings (SSSR count). The number of rotatable bonds is 1. The number of aromatic nitrogens is 2. The Morgan fingerprint density at radius 3 is 2.67 bits per heavy atom. The number of hydrogen-bond acceptors (Lipinski definition) is 4. The molecule has 0 amide bonds. The highest BCUT2D eigenvalue weighted by atomic mass is 16.5. The van der Waals surface area contributed by atoms with Gasteiger partial charge in [0, 0.05) is 5.39 Å². The minimum Gasteiger partial charge on any atom is -0.446 e. The number of fused-ring (bicyclic) bond motifs is 3. The average molecular weight is 284 g/mol. The zero-order valence-electron chi connectivity index (χ0n) is 12.2. The maximum absolute atomic E-state index is 6.02. The summed E-state index contributed by atoms with van der Waals surface area (Å²) in [6.45, 7) is 6.00. The van der Waals surface area contributed by atoms with Crippen LogP contribution in [0.3, 0.4) is 0 Å². The number of hydrogen-bond donors (Lipinski definition) is 1. The van der Waals surface area contributed by atoms with Gasteiger partial charge in [0.25, 0.3) is 5.82 Å². The molecule has 1 N–H and O–H groups in total. The van der Waals surface area contributed by atoms with Crippen LogP contribution in [0.4, 0.5) is 5.82 Å². The van der Waals surface area contributed by atoms with Crippen molar-refractivity contribution >= 4 is 27.9 Å². The number of para-hydroxylation sites is 1. The summed E-state index contributed by atoms with van der Waals surface area (Å²) in [4.78, 5) is 10.2. The maximum Gasteiger partial charge on any atom is 0.273 e. The zero-order chi connectivity index (χ0) is 14.4. The van der Waals surface area contributed by atoms with Crippen molar-refractivity contribution in [3.63, 3.8) is 0 Å². The van der Waals surface area contributed by atoms with Crippen LogP contribution in [0.5, 0.6) is 0 Å². The van der Waals surface area contributed by atoms with Gasteiger partial charge in [0.05, 0.1) is 0 Å². The number of ether oxygens (including phenoxy) is 1. The molecule has 0 bridgehead atoms. The number of furan rings is 1. The summed E-state index contributed by atoms with van der Waals surface area (Å²) in [5, 5.41) is 1.05. The Morgan fingerprint density at radius 1 is 1.10 bits per heavy atom. The van der Waals surface area contributed by atoms with Crippen molar-refractivity contribution < 1.29 is 14.1 Å².